The number of hydrogen-bond acceptors (Lipinski definition) is 4. The second-order valence-electron chi connectivity index (χ2n) is 9.17. The summed E-state index contributed by atoms with van der Waals surface area (Å²) >= 11 is 0. The number of ether oxygens (including phenoxy) is 1. The molecule has 3 N–H and O–H groups in total. The van der Waals surface area contributed by atoms with Gasteiger partial charge in [-0.3, -0.25) is 4.79 Å². The Morgan fingerprint density at radius 2 is 1.69 bits per heavy atom. The molecule has 11 heteroatoms. The van der Waals surface area contributed by atoms with Crippen molar-refractivity contribution in [3.8, 4) is 5.75 Å². The molecule has 0 aliphatic carbocycles. The number of benzene rings is 3. The van der Waals surface area contributed by atoms with E-state index in [0.29, 0.717) is 11.4 Å². The lowest BCUT2D eigenvalue weighted by molar-refractivity contribution is -0.132. The number of carboxylic acid groups (broad SMARTS) is 1. The maximum Gasteiger partial charge on any atom is 0.335 e. The number of likely N-dealkylation sites (tertiary alicyclic amines) is 1. The van der Waals surface area contributed by atoms with Crippen molar-refractivity contribution in [3.63, 3.8) is 0 Å². The first-order valence-corrected chi connectivity index (χ1v) is 12.1. The lowest BCUT2D eigenvalue weighted by Crippen LogP contribution is -2.40. The molecule has 1 aliphatic heterocycles. The molecule has 1 heterocycles. The topological polar surface area (TPSA) is 108 Å². The largest absolute Gasteiger partial charge is 0.491 e. The SMILES string of the molecule is Cc1ccccc1NC(=O)Nc1cc(F)c(CC(=O)N2CC(F)CC2COc2ccc(C(=O)O)cc2)cc1F. The number of para-hydroxylation sites is 1. The predicted octanol–water partition coefficient (Wildman–Crippen LogP) is 5.18. The van der Waals surface area contributed by atoms with E-state index >= 15 is 0 Å². The van der Waals surface area contributed by atoms with Gasteiger partial charge in [-0.15, -0.1) is 0 Å². The number of aromatic carboxylic acids is 1. The first-order valence-electron chi connectivity index (χ1n) is 12.1. The first-order chi connectivity index (χ1) is 18.6. The molecule has 1 saturated heterocycles. The van der Waals surface area contributed by atoms with Crippen molar-refractivity contribution in [2.24, 2.45) is 0 Å². The zero-order valence-corrected chi connectivity index (χ0v) is 20.9. The standard InChI is InChI=1S/C28H26F3N3O5/c1-16-4-2-3-5-24(16)32-28(38)33-25-13-22(30)18(10-23(25)31)11-26(35)34-14-19(29)12-20(34)15-39-21-8-6-17(7-9-21)27(36)37/h2-10,13,19-20H,11-12,14-15H2,1H3,(H,36,37)(H2,32,33,38). The van der Waals surface area contributed by atoms with Crippen LogP contribution in [-0.4, -0.2) is 53.3 Å². The van der Waals surface area contributed by atoms with Gasteiger partial charge in [0.2, 0.25) is 5.91 Å². The van der Waals surface area contributed by atoms with E-state index in [1.165, 1.54) is 29.2 Å². The number of carbonyl (C=O) groups excluding carboxylic acids is 2. The average molecular weight is 542 g/mol. The average Bonchev–Trinajstić information content (AvgIpc) is 3.28. The fourth-order valence-electron chi connectivity index (χ4n) is 4.28. The Bertz CT molecular complexity index is 1380. The molecule has 39 heavy (non-hydrogen) atoms. The Labute approximate surface area is 222 Å². The Kier molecular flexibility index (Phi) is 8.38. The van der Waals surface area contributed by atoms with Crippen molar-refractivity contribution in [1.29, 1.82) is 0 Å². The molecule has 0 spiro atoms. The molecule has 3 aromatic rings. The quantitative estimate of drug-likeness (QED) is 0.365. The van der Waals surface area contributed by atoms with E-state index in [-0.39, 0.29) is 30.7 Å². The van der Waals surface area contributed by atoms with Gasteiger partial charge in [-0.1, -0.05) is 18.2 Å². The molecule has 4 rings (SSSR count). The molecule has 0 aromatic heterocycles. The summed E-state index contributed by atoms with van der Waals surface area (Å²) in [6.45, 7) is 1.50. The number of halogens is 3. The molecule has 3 amide bonds. The van der Waals surface area contributed by atoms with Crippen molar-refractivity contribution < 1.29 is 37.4 Å². The zero-order chi connectivity index (χ0) is 28.1. The molecule has 1 aliphatic rings. The van der Waals surface area contributed by atoms with E-state index in [1.54, 1.807) is 31.2 Å². The molecule has 2 unspecified atom stereocenters. The summed E-state index contributed by atoms with van der Waals surface area (Å²) in [4.78, 5) is 37.4. The fourth-order valence-corrected chi connectivity index (χ4v) is 4.28. The van der Waals surface area contributed by atoms with Gasteiger partial charge in [0.1, 0.15) is 30.2 Å². The number of amides is 3. The lowest BCUT2D eigenvalue weighted by Gasteiger charge is -2.24. The second kappa shape index (κ2) is 11.9. The van der Waals surface area contributed by atoms with E-state index in [0.717, 1.165) is 17.7 Å². The molecule has 2 atom stereocenters. The maximum atomic E-state index is 14.8. The first kappa shape index (κ1) is 27.5. The summed E-state index contributed by atoms with van der Waals surface area (Å²) in [7, 11) is 0. The number of hydrogen-bond donors (Lipinski definition) is 3. The van der Waals surface area contributed by atoms with Crippen LogP contribution < -0.4 is 15.4 Å². The normalized spacial score (nSPS) is 16.6. The van der Waals surface area contributed by atoms with Gasteiger partial charge >= 0.3 is 12.0 Å². The summed E-state index contributed by atoms with van der Waals surface area (Å²) in [5.41, 5.74) is 0.718. The van der Waals surface area contributed by atoms with Gasteiger partial charge in [0, 0.05) is 23.7 Å². The van der Waals surface area contributed by atoms with E-state index in [9.17, 15) is 27.6 Å². The summed E-state index contributed by atoms with van der Waals surface area (Å²) in [6.07, 6.45) is -1.82. The predicted molar refractivity (Wildman–Crippen MR) is 138 cm³/mol. The summed E-state index contributed by atoms with van der Waals surface area (Å²) in [6, 6.07) is 12.8. The number of nitrogens with zero attached hydrogens (tertiary/aromatic N) is 1. The minimum Gasteiger partial charge on any atom is -0.491 e. The van der Waals surface area contributed by atoms with Crippen LogP contribution in [0.2, 0.25) is 0 Å². The summed E-state index contributed by atoms with van der Waals surface area (Å²) in [5, 5.41) is 13.8. The third kappa shape index (κ3) is 6.86. The molecule has 0 bridgehead atoms. The zero-order valence-electron chi connectivity index (χ0n) is 20.9. The molecule has 204 valence electrons. The van der Waals surface area contributed by atoms with Gasteiger partial charge in [0.15, 0.2) is 0 Å². The Hall–Kier alpha value is -4.54. The summed E-state index contributed by atoms with van der Waals surface area (Å²) < 4.78 is 49.3. The highest BCUT2D eigenvalue weighted by Crippen LogP contribution is 2.26. The smallest absolute Gasteiger partial charge is 0.335 e. The number of aryl methyl sites for hydroxylation is 1. The van der Waals surface area contributed by atoms with Crippen LogP contribution in [0.1, 0.15) is 27.9 Å². The van der Waals surface area contributed by atoms with E-state index in [1.807, 2.05) is 0 Å². The Morgan fingerprint density at radius 3 is 2.38 bits per heavy atom. The Morgan fingerprint density at radius 1 is 1.00 bits per heavy atom. The fraction of sp³-hybridized carbons (Fsp3) is 0.250. The van der Waals surface area contributed by atoms with E-state index < -0.39 is 53.9 Å². The lowest BCUT2D eigenvalue weighted by atomic mass is 10.1. The number of carboxylic acids is 1. The highest BCUT2D eigenvalue weighted by Gasteiger charge is 2.36. The van der Waals surface area contributed by atoms with Gasteiger partial charge in [-0.05, 0) is 48.9 Å². The highest BCUT2D eigenvalue weighted by atomic mass is 19.1. The number of nitrogens with one attached hydrogen (secondary N) is 2. The van der Waals surface area contributed by atoms with Crippen LogP contribution in [0.4, 0.5) is 29.3 Å². The molecule has 0 saturated carbocycles. The molecule has 8 nitrogen and oxygen atoms in total. The minimum atomic E-state index is -1.31. The number of anilines is 2. The molecule has 3 aromatic carbocycles. The van der Waals surface area contributed by atoms with Crippen molar-refractivity contribution >= 4 is 29.3 Å². The number of urea groups is 1. The molecule has 0 radical (unpaired) electrons. The number of rotatable bonds is 8. The second-order valence-corrected chi connectivity index (χ2v) is 9.17. The van der Waals surface area contributed by atoms with Gasteiger partial charge in [-0.25, -0.2) is 22.8 Å². The van der Waals surface area contributed by atoms with Crippen molar-refractivity contribution in [2.45, 2.75) is 32.0 Å². The van der Waals surface area contributed by atoms with Crippen LogP contribution in [0.5, 0.6) is 5.75 Å². The molecule has 1 fully saturated rings. The van der Waals surface area contributed by atoms with Gasteiger partial charge in [0.25, 0.3) is 0 Å². The van der Waals surface area contributed by atoms with Gasteiger partial charge in [-0.2, -0.15) is 0 Å². The van der Waals surface area contributed by atoms with E-state index in [4.69, 9.17) is 9.84 Å². The van der Waals surface area contributed by atoms with E-state index in [2.05, 4.69) is 10.6 Å². The minimum absolute atomic E-state index is 0.00858. The van der Waals surface area contributed by atoms with Crippen LogP contribution in [0.15, 0.2) is 60.7 Å². The van der Waals surface area contributed by atoms with Gasteiger partial charge in [0.05, 0.1) is 30.3 Å². The third-order valence-electron chi connectivity index (χ3n) is 6.35. The summed E-state index contributed by atoms with van der Waals surface area (Å²) in [5.74, 6) is -3.20. The molecular weight excluding hydrogens is 515 g/mol. The Balaban J connectivity index is 1.38. The van der Waals surface area contributed by atoms with Crippen LogP contribution >= 0.6 is 0 Å². The third-order valence-corrected chi connectivity index (χ3v) is 6.35. The van der Waals surface area contributed by atoms with Crippen LogP contribution in [0, 0.1) is 18.6 Å². The van der Waals surface area contributed by atoms with Crippen LogP contribution in [0.25, 0.3) is 0 Å². The number of carbonyl (C=O) groups is 3. The monoisotopic (exact) mass is 541 g/mol. The highest BCUT2D eigenvalue weighted by molar-refractivity contribution is 6.00. The number of alkyl halides is 1. The van der Waals surface area contributed by atoms with Gasteiger partial charge < -0.3 is 25.4 Å². The maximum absolute atomic E-state index is 14.8. The van der Waals surface area contributed by atoms with Crippen LogP contribution in [-0.2, 0) is 11.2 Å². The van der Waals surface area contributed by atoms with Crippen molar-refractivity contribution in [2.75, 3.05) is 23.8 Å². The molecular formula is C28H26F3N3O5. The van der Waals surface area contributed by atoms with Crippen molar-refractivity contribution in [1.82, 2.24) is 4.90 Å². The van der Waals surface area contributed by atoms with Crippen molar-refractivity contribution in [3.05, 3.63) is 89.0 Å². The van der Waals surface area contributed by atoms with Crippen LogP contribution in [0.3, 0.4) is 0 Å².